The van der Waals surface area contributed by atoms with Gasteiger partial charge in [0, 0.05) is 38.8 Å². The number of rotatable bonds is 4. The molecule has 2 heterocycles. The van der Waals surface area contributed by atoms with Gasteiger partial charge in [0.05, 0.1) is 10.6 Å². The molecule has 0 spiro atoms. The highest BCUT2D eigenvalue weighted by Gasteiger charge is 2.32. The van der Waals surface area contributed by atoms with Crippen LogP contribution in [0.5, 0.6) is 0 Å². The Bertz CT molecular complexity index is 654. The predicted octanol–water partition coefficient (Wildman–Crippen LogP) is 4.76. The third-order valence-corrected chi connectivity index (χ3v) is 5.85. The fraction of sp³-hybridized carbons (Fsp3) is 0.684. The van der Waals surface area contributed by atoms with E-state index in [0.717, 1.165) is 18.7 Å². The summed E-state index contributed by atoms with van der Waals surface area (Å²) in [6.45, 7) is 2.13. The van der Waals surface area contributed by atoms with Crippen LogP contribution in [0.3, 0.4) is 0 Å². The van der Waals surface area contributed by atoms with Gasteiger partial charge in [-0.25, -0.2) is 4.98 Å². The fourth-order valence-electron chi connectivity index (χ4n) is 3.95. The number of anilines is 1. The van der Waals surface area contributed by atoms with Gasteiger partial charge in [-0.15, -0.1) is 0 Å². The highest BCUT2D eigenvalue weighted by atomic mass is 35.5. The Morgan fingerprint density at radius 1 is 1.15 bits per heavy atom. The van der Waals surface area contributed by atoms with E-state index >= 15 is 0 Å². The summed E-state index contributed by atoms with van der Waals surface area (Å²) in [5, 5.41) is -0.0121. The van der Waals surface area contributed by atoms with Crippen molar-refractivity contribution in [2.45, 2.75) is 51.1 Å². The second-order valence-corrected chi connectivity index (χ2v) is 7.84. The molecule has 27 heavy (non-hydrogen) atoms. The molecule has 1 aliphatic heterocycles. The monoisotopic (exact) mass is 403 g/mol. The Morgan fingerprint density at radius 3 is 2.41 bits per heavy atom. The Hall–Kier alpha value is -1.50. The molecule has 3 rings (SSSR count). The van der Waals surface area contributed by atoms with Crippen molar-refractivity contribution in [1.29, 1.82) is 0 Å². The van der Waals surface area contributed by atoms with Crippen molar-refractivity contribution < 1.29 is 18.0 Å². The zero-order chi connectivity index (χ0) is 19.4. The lowest BCUT2D eigenvalue weighted by Gasteiger charge is -2.36. The average Bonchev–Trinajstić information content (AvgIpc) is 2.66. The van der Waals surface area contributed by atoms with E-state index in [-0.39, 0.29) is 10.9 Å². The summed E-state index contributed by atoms with van der Waals surface area (Å²) in [4.78, 5) is 20.0. The van der Waals surface area contributed by atoms with E-state index < -0.39 is 11.7 Å². The quantitative estimate of drug-likeness (QED) is 0.727. The number of halogens is 4. The second-order valence-electron chi connectivity index (χ2n) is 7.44. The number of aromatic nitrogens is 1. The van der Waals surface area contributed by atoms with Crippen LogP contribution in [0.4, 0.5) is 19.0 Å². The van der Waals surface area contributed by atoms with E-state index in [1.165, 1.54) is 32.1 Å². The Kier molecular flexibility index (Phi) is 6.50. The minimum Gasteiger partial charge on any atom is -0.352 e. The van der Waals surface area contributed by atoms with Gasteiger partial charge < -0.3 is 9.80 Å². The Balaban J connectivity index is 1.50. The molecule has 1 aromatic rings. The summed E-state index contributed by atoms with van der Waals surface area (Å²) in [6, 6.07) is 0.908. The lowest BCUT2D eigenvalue weighted by atomic mass is 9.86. The maximum atomic E-state index is 12.7. The van der Waals surface area contributed by atoms with Crippen LogP contribution in [0.25, 0.3) is 0 Å². The van der Waals surface area contributed by atoms with Crippen molar-refractivity contribution in [3.8, 4) is 0 Å². The normalized spacial score (nSPS) is 19.4. The first-order chi connectivity index (χ1) is 12.8. The molecule has 0 aromatic carbocycles. The molecule has 1 aliphatic carbocycles. The maximum Gasteiger partial charge on any atom is 0.417 e. The molecule has 1 saturated heterocycles. The molecule has 150 valence electrons. The number of hydrogen-bond donors (Lipinski definition) is 0. The van der Waals surface area contributed by atoms with Crippen molar-refractivity contribution in [2.75, 3.05) is 31.1 Å². The smallest absolute Gasteiger partial charge is 0.352 e. The predicted molar refractivity (Wildman–Crippen MR) is 98.9 cm³/mol. The third kappa shape index (κ3) is 5.27. The van der Waals surface area contributed by atoms with E-state index in [1.54, 1.807) is 0 Å². The van der Waals surface area contributed by atoms with Crippen LogP contribution in [0.1, 0.15) is 50.5 Å². The standard InChI is InChI=1S/C19H25ClF3N3O/c20-16-12-15(19(21,22)23)13-24-18(16)26-10-8-25(9-11-26)17(27)7-6-14-4-2-1-3-5-14/h12-14H,1-11H2. The highest BCUT2D eigenvalue weighted by Crippen LogP contribution is 2.34. The SMILES string of the molecule is O=C(CCC1CCCCC1)N1CCN(c2ncc(C(F)(F)F)cc2Cl)CC1. The van der Waals surface area contributed by atoms with Crippen LogP contribution < -0.4 is 4.90 Å². The lowest BCUT2D eigenvalue weighted by molar-refractivity contribution is -0.138. The summed E-state index contributed by atoms with van der Waals surface area (Å²) < 4.78 is 38.2. The van der Waals surface area contributed by atoms with Crippen molar-refractivity contribution in [3.63, 3.8) is 0 Å². The van der Waals surface area contributed by atoms with E-state index in [0.29, 0.717) is 44.3 Å². The zero-order valence-corrected chi connectivity index (χ0v) is 16.0. The molecule has 2 fully saturated rings. The summed E-state index contributed by atoms with van der Waals surface area (Å²) in [5.74, 6) is 1.20. The van der Waals surface area contributed by atoms with Crippen LogP contribution >= 0.6 is 11.6 Å². The third-order valence-electron chi connectivity index (χ3n) is 5.57. The Labute approximate surface area is 162 Å². The molecule has 4 nitrogen and oxygen atoms in total. The molecule has 8 heteroatoms. The first kappa shape index (κ1) is 20.2. The van der Waals surface area contributed by atoms with Gasteiger partial charge in [-0.3, -0.25) is 4.79 Å². The average molecular weight is 404 g/mol. The molecular weight excluding hydrogens is 379 g/mol. The van der Waals surface area contributed by atoms with E-state index in [1.807, 2.05) is 9.80 Å². The van der Waals surface area contributed by atoms with Gasteiger partial charge in [0.25, 0.3) is 0 Å². The highest BCUT2D eigenvalue weighted by molar-refractivity contribution is 6.33. The minimum absolute atomic E-state index is 0.0121. The first-order valence-corrected chi connectivity index (χ1v) is 9.98. The van der Waals surface area contributed by atoms with Gasteiger partial charge >= 0.3 is 6.18 Å². The number of amides is 1. The second kappa shape index (κ2) is 8.67. The largest absolute Gasteiger partial charge is 0.417 e. The van der Waals surface area contributed by atoms with E-state index in [4.69, 9.17) is 11.6 Å². The molecule has 0 N–H and O–H groups in total. The summed E-state index contributed by atoms with van der Waals surface area (Å²) >= 11 is 6.02. The topological polar surface area (TPSA) is 36.4 Å². The van der Waals surface area contributed by atoms with Crippen LogP contribution in [0.2, 0.25) is 5.02 Å². The fourth-order valence-corrected chi connectivity index (χ4v) is 4.23. The number of carbonyl (C=O) groups excluding carboxylic acids is 1. The molecule has 1 saturated carbocycles. The lowest BCUT2D eigenvalue weighted by Crippen LogP contribution is -2.49. The number of nitrogens with zero attached hydrogens (tertiary/aromatic N) is 3. The molecular formula is C19H25ClF3N3O. The van der Waals surface area contributed by atoms with Gasteiger partial charge in [0.1, 0.15) is 5.82 Å². The van der Waals surface area contributed by atoms with Gasteiger partial charge in [-0.2, -0.15) is 13.2 Å². The molecule has 2 aliphatic rings. The Morgan fingerprint density at radius 2 is 1.81 bits per heavy atom. The van der Waals surface area contributed by atoms with Gasteiger partial charge in [0.15, 0.2) is 0 Å². The van der Waals surface area contributed by atoms with E-state index in [2.05, 4.69) is 4.98 Å². The van der Waals surface area contributed by atoms with Crippen molar-refractivity contribution >= 4 is 23.3 Å². The summed E-state index contributed by atoms with van der Waals surface area (Å²) in [7, 11) is 0. The molecule has 1 amide bonds. The molecule has 0 unspecified atom stereocenters. The number of alkyl halides is 3. The number of piperazine rings is 1. The summed E-state index contributed by atoms with van der Waals surface area (Å²) in [6.07, 6.45) is 4.24. The van der Waals surface area contributed by atoms with Crippen molar-refractivity contribution in [1.82, 2.24) is 9.88 Å². The number of carbonyl (C=O) groups is 1. The maximum absolute atomic E-state index is 12.7. The van der Waals surface area contributed by atoms with Crippen LogP contribution in [-0.4, -0.2) is 42.0 Å². The molecule has 0 radical (unpaired) electrons. The van der Waals surface area contributed by atoms with Gasteiger partial charge in [-0.1, -0.05) is 43.7 Å². The first-order valence-electron chi connectivity index (χ1n) is 9.60. The molecule has 1 aromatic heterocycles. The van der Waals surface area contributed by atoms with Crippen LogP contribution in [0, 0.1) is 5.92 Å². The summed E-state index contributed by atoms with van der Waals surface area (Å²) in [5.41, 5.74) is -0.854. The van der Waals surface area contributed by atoms with Gasteiger partial charge in [-0.05, 0) is 18.4 Å². The van der Waals surface area contributed by atoms with Crippen molar-refractivity contribution in [3.05, 3.63) is 22.8 Å². The molecule has 0 bridgehead atoms. The van der Waals surface area contributed by atoms with Gasteiger partial charge in [0.2, 0.25) is 5.91 Å². The minimum atomic E-state index is -4.46. The van der Waals surface area contributed by atoms with Crippen molar-refractivity contribution in [2.24, 2.45) is 5.92 Å². The van der Waals surface area contributed by atoms with Crippen LogP contribution in [0.15, 0.2) is 12.3 Å². The number of pyridine rings is 1. The molecule has 0 atom stereocenters. The zero-order valence-electron chi connectivity index (χ0n) is 15.3. The van der Waals surface area contributed by atoms with Crippen LogP contribution in [-0.2, 0) is 11.0 Å². The van der Waals surface area contributed by atoms with E-state index in [9.17, 15) is 18.0 Å². The number of hydrogen-bond acceptors (Lipinski definition) is 3.